The van der Waals surface area contributed by atoms with Crippen LogP contribution < -0.4 is 5.32 Å². The Kier molecular flexibility index (Phi) is 3.63. The lowest BCUT2D eigenvalue weighted by molar-refractivity contribution is -0.144. The average Bonchev–Trinajstić information content (AvgIpc) is 2.41. The predicted octanol–water partition coefficient (Wildman–Crippen LogP) is 3.21. The molecule has 1 aliphatic carbocycles. The minimum atomic E-state index is -0.917. The first-order chi connectivity index (χ1) is 8.73. The Morgan fingerprint density at radius 2 is 1.72 bits per heavy atom. The van der Waals surface area contributed by atoms with Crippen LogP contribution >= 0.6 is 0 Å². The third kappa shape index (κ3) is 2.44. The molecule has 18 heavy (non-hydrogen) atoms. The molecule has 1 unspecified atom stereocenters. The molecule has 1 N–H and O–H groups in total. The van der Waals surface area contributed by atoms with Crippen LogP contribution in [0.1, 0.15) is 57.8 Å². The van der Waals surface area contributed by atoms with E-state index >= 15 is 4.39 Å². The molecule has 104 valence electrons. The highest BCUT2D eigenvalue weighted by atomic mass is 19.1. The van der Waals surface area contributed by atoms with Crippen molar-refractivity contribution in [1.82, 2.24) is 5.32 Å². The molecule has 0 aromatic carbocycles. The molecule has 1 saturated carbocycles. The van der Waals surface area contributed by atoms with Crippen LogP contribution in [0.15, 0.2) is 0 Å². The van der Waals surface area contributed by atoms with E-state index in [9.17, 15) is 0 Å². The quantitative estimate of drug-likeness (QED) is 0.777. The Bertz CT molecular complexity index is 263. The molecule has 3 fully saturated rings. The predicted molar refractivity (Wildman–Crippen MR) is 70.4 cm³/mol. The summed E-state index contributed by atoms with van der Waals surface area (Å²) in [6.45, 7) is 2.48. The van der Waals surface area contributed by atoms with Crippen LogP contribution in [0.3, 0.4) is 0 Å². The maximum atomic E-state index is 15.1. The number of rotatable bonds is 1. The first kappa shape index (κ1) is 12.9. The van der Waals surface area contributed by atoms with Crippen LogP contribution in [0.5, 0.6) is 0 Å². The number of hydrogen-bond acceptors (Lipinski definition) is 2. The summed E-state index contributed by atoms with van der Waals surface area (Å²) in [6.07, 6.45) is 9.51. The molecule has 0 radical (unpaired) electrons. The fourth-order valence-electron chi connectivity index (χ4n) is 4.26. The standard InChI is InChI=1S/C15H26FNO/c16-15(7-9-17-10-8-15)13-4-11-18-14(12-13)5-2-1-3-6-14/h13,17H,1-12H2. The number of nitrogens with one attached hydrogen (secondary N) is 1. The molecule has 0 aromatic heterocycles. The number of hydrogen-bond donors (Lipinski definition) is 1. The third-order valence-electron chi connectivity index (χ3n) is 5.42. The molecule has 2 nitrogen and oxygen atoms in total. The number of piperidine rings is 1. The second kappa shape index (κ2) is 5.09. The topological polar surface area (TPSA) is 21.3 Å². The molecule has 2 saturated heterocycles. The molecule has 3 rings (SSSR count). The largest absolute Gasteiger partial charge is 0.375 e. The monoisotopic (exact) mass is 255 g/mol. The highest BCUT2D eigenvalue weighted by Crippen LogP contribution is 2.47. The lowest BCUT2D eigenvalue weighted by atomic mass is 9.69. The number of ether oxygens (including phenoxy) is 1. The van der Waals surface area contributed by atoms with E-state index in [0.717, 1.165) is 45.4 Å². The number of halogens is 1. The first-order valence-corrected chi connectivity index (χ1v) is 7.76. The summed E-state index contributed by atoms with van der Waals surface area (Å²) < 4.78 is 21.2. The maximum Gasteiger partial charge on any atom is 0.116 e. The van der Waals surface area contributed by atoms with Gasteiger partial charge in [0.25, 0.3) is 0 Å². The van der Waals surface area contributed by atoms with Crippen molar-refractivity contribution in [2.24, 2.45) is 5.92 Å². The molecular weight excluding hydrogens is 229 g/mol. The van der Waals surface area contributed by atoms with Gasteiger partial charge in [-0.05, 0) is 57.5 Å². The molecule has 0 aromatic rings. The minimum absolute atomic E-state index is 0.0468. The maximum absolute atomic E-state index is 15.1. The molecule has 2 aliphatic heterocycles. The summed E-state index contributed by atoms with van der Waals surface area (Å²) in [5.41, 5.74) is -0.870. The second-order valence-electron chi connectivity index (χ2n) is 6.57. The van der Waals surface area contributed by atoms with Crippen LogP contribution in [-0.2, 0) is 4.74 Å². The lowest BCUT2D eigenvalue weighted by Crippen LogP contribution is -2.51. The zero-order chi connectivity index (χ0) is 12.5. The van der Waals surface area contributed by atoms with Gasteiger partial charge < -0.3 is 10.1 Å². The zero-order valence-electron chi connectivity index (χ0n) is 11.3. The molecule has 0 bridgehead atoms. The first-order valence-electron chi connectivity index (χ1n) is 7.76. The summed E-state index contributed by atoms with van der Waals surface area (Å²) in [6, 6.07) is 0. The van der Waals surface area contributed by atoms with Crippen LogP contribution in [0.25, 0.3) is 0 Å². The summed E-state index contributed by atoms with van der Waals surface area (Å²) in [7, 11) is 0. The van der Waals surface area contributed by atoms with Gasteiger partial charge in [-0.2, -0.15) is 0 Å². The summed E-state index contributed by atoms with van der Waals surface area (Å²) >= 11 is 0. The van der Waals surface area contributed by atoms with E-state index in [1.54, 1.807) is 0 Å². The molecule has 0 amide bonds. The average molecular weight is 255 g/mol. The van der Waals surface area contributed by atoms with Gasteiger partial charge >= 0.3 is 0 Å². The van der Waals surface area contributed by atoms with Gasteiger partial charge in [0.1, 0.15) is 5.67 Å². The number of alkyl halides is 1. The smallest absolute Gasteiger partial charge is 0.116 e. The van der Waals surface area contributed by atoms with Crippen molar-refractivity contribution in [3.8, 4) is 0 Å². The Balaban J connectivity index is 1.69. The van der Waals surface area contributed by atoms with E-state index in [4.69, 9.17) is 4.74 Å². The SMILES string of the molecule is FC1(C2CCOC3(CCCCC3)C2)CCNCC1. The molecule has 3 aliphatic rings. The highest BCUT2D eigenvalue weighted by Gasteiger charge is 2.47. The van der Waals surface area contributed by atoms with Crippen molar-refractivity contribution in [1.29, 1.82) is 0 Å². The summed E-state index contributed by atoms with van der Waals surface area (Å²) in [4.78, 5) is 0. The van der Waals surface area contributed by atoms with Gasteiger partial charge in [-0.3, -0.25) is 0 Å². The highest BCUT2D eigenvalue weighted by molar-refractivity contribution is 4.98. The van der Waals surface area contributed by atoms with Crippen LogP contribution in [0, 0.1) is 5.92 Å². The summed E-state index contributed by atoms with van der Waals surface area (Å²) in [5, 5.41) is 3.28. The normalized spacial score (nSPS) is 35.5. The van der Waals surface area contributed by atoms with Crippen molar-refractivity contribution in [2.45, 2.75) is 69.1 Å². The Labute approximate surface area is 110 Å². The molecule has 1 spiro atoms. The van der Waals surface area contributed by atoms with E-state index < -0.39 is 5.67 Å². The van der Waals surface area contributed by atoms with E-state index in [-0.39, 0.29) is 11.5 Å². The molecular formula is C15H26FNO. The molecule has 2 heterocycles. The van der Waals surface area contributed by atoms with Crippen LogP contribution in [-0.4, -0.2) is 31.0 Å². The minimum Gasteiger partial charge on any atom is -0.375 e. The summed E-state index contributed by atoms with van der Waals surface area (Å²) in [5.74, 6) is 0.242. The van der Waals surface area contributed by atoms with Gasteiger partial charge in [-0.1, -0.05) is 19.3 Å². The van der Waals surface area contributed by atoms with Crippen molar-refractivity contribution in [3.05, 3.63) is 0 Å². The lowest BCUT2D eigenvalue weighted by Gasteiger charge is -2.48. The fourth-order valence-corrected chi connectivity index (χ4v) is 4.26. The van der Waals surface area contributed by atoms with E-state index in [1.807, 2.05) is 0 Å². The third-order valence-corrected chi connectivity index (χ3v) is 5.42. The van der Waals surface area contributed by atoms with Gasteiger partial charge in [0.05, 0.1) is 5.60 Å². The van der Waals surface area contributed by atoms with E-state index in [2.05, 4.69) is 5.32 Å². The second-order valence-corrected chi connectivity index (χ2v) is 6.57. The van der Waals surface area contributed by atoms with Gasteiger partial charge in [0.2, 0.25) is 0 Å². The zero-order valence-corrected chi connectivity index (χ0v) is 11.3. The van der Waals surface area contributed by atoms with Crippen molar-refractivity contribution >= 4 is 0 Å². The molecule has 1 atom stereocenters. The van der Waals surface area contributed by atoms with E-state index in [0.29, 0.717) is 12.8 Å². The van der Waals surface area contributed by atoms with Gasteiger partial charge in [0, 0.05) is 6.61 Å². The van der Waals surface area contributed by atoms with Crippen LogP contribution in [0.4, 0.5) is 4.39 Å². The Hall–Kier alpha value is -0.150. The van der Waals surface area contributed by atoms with Gasteiger partial charge in [-0.25, -0.2) is 4.39 Å². The van der Waals surface area contributed by atoms with Gasteiger partial charge in [0.15, 0.2) is 0 Å². The van der Waals surface area contributed by atoms with Crippen molar-refractivity contribution in [3.63, 3.8) is 0 Å². The van der Waals surface area contributed by atoms with Gasteiger partial charge in [-0.15, -0.1) is 0 Å². The Morgan fingerprint density at radius 3 is 2.44 bits per heavy atom. The molecule has 3 heteroatoms. The van der Waals surface area contributed by atoms with Crippen molar-refractivity contribution < 1.29 is 9.13 Å². The van der Waals surface area contributed by atoms with Crippen molar-refractivity contribution in [2.75, 3.05) is 19.7 Å². The van der Waals surface area contributed by atoms with Crippen LogP contribution in [0.2, 0.25) is 0 Å². The Morgan fingerprint density at radius 1 is 1.00 bits per heavy atom. The fraction of sp³-hybridized carbons (Fsp3) is 1.00. The van der Waals surface area contributed by atoms with E-state index in [1.165, 1.54) is 19.3 Å².